The van der Waals surface area contributed by atoms with Crippen molar-refractivity contribution in [2.75, 3.05) is 11.4 Å². The van der Waals surface area contributed by atoms with E-state index in [4.69, 9.17) is 0 Å². The Morgan fingerprint density at radius 1 is 1.26 bits per heavy atom. The highest BCUT2D eigenvalue weighted by Crippen LogP contribution is 2.30. The second-order valence-corrected chi connectivity index (χ2v) is 6.04. The zero-order valence-electron chi connectivity index (χ0n) is 11.3. The van der Waals surface area contributed by atoms with Crippen LogP contribution in [0.2, 0.25) is 0 Å². The summed E-state index contributed by atoms with van der Waals surface area (Å²) >= 11 is 1.54. The van der Waals surface area contributed by atoms with Crippen molar-refractivity contribution in [3.8, 4) is 0 Å². The third-order valence-electron chi connectivity index (χ3n) is 3.66. The first-order valence-electron chi connectivity index (χ1n) is 6.62. The van der Waals surface area contributed by atoms with Crippen LogP contribution in [0.4, 0.5) is 5.69 Å². The summed E-state index contributed by atoms with van der Waals surface area (Å²) in [5.74, 6) is 0.150. The van der Waals surface area contributed by atoms with E-state index >= 15 is 0 Å². The lowest BCUT2D eigenvalue weighted by atomic mass is 9.99. The van der Waals surface area contributed by atoms with Crippen LogP contribution >= 0.6 is 11.3 Å². The smallest absolute Gasteiger partial charge is 0.268 e. The zero-order chi connectivity index (χ0) is 13.4. The average molecular weight is 271 g/mol. The van der Waals surface area contributed by atoms with E-state index < -0.39 is 0 Å². The standard InChI is InChI=1S/C16H17NOS/c1-11-5-6-14-13(10-11)4-3-8-17(14)16(18)15-12(2)7-9-19-15/h5-7,9-10H,3-4,8H2,1-2H3. The van der Waals surface area contributed by atoms with Gasteiger partial charge in [-0.15, -0.1) is 11.3 Å². The third kappa shape index (κ3) is 2.19. The highest BCUT2D eigenvalue weighted by atomic mass is 32.1. The van der Waals surface area contributed by atoms with Crippen molar-refractivity contribution in [3.63, 3.8) is 0 Å². The number of anilines is 1. The monoisotopic (exact) mass is 271 g/mol. The number of hydrogen-bond donors (Lipinski definition) is 0. The second kappa shape index (κ2) is 4.82. The summed E-state index contributed by atoms with van der Waals surface area (Å²) in [5.41, 5.74) is 4.73. The van der Waals surface area contributed by atoms with E-state index in [0.717, 1.165) is 35.5 Å². The lowest BCUT2D eigenvalue weighted by molar-refractivity contribution is 0.0988. The van der Waals surface area contributed by atoms with E-state index in [2.05, 4.69) is 25.1 Å². The van der Waals surface area contributed by atoms with E-state index in [-0.39, 0.29) is 5.91 Å². The van der Waals surface area contributed by atoms with Crippen molar-refractivity contribution >= 4 is 22.9 Å². The lowest BCUT2D eigenvalue weighted by Gasteiger charge is -2.29. The molecule has 0 spiro atoms. The molecule has 3 heteroatoms. The summed E-state index contributed by atoms with van der Waals surface area (Å²) in [6.07, 6.45) is 2.12. The summed E-state index contributed by atoms with van der Waals surface area (Å²) in [6, 6.07) is 8.39. The molecule has 0 N–H and O–H groups in total. The molecule has 0 unspecified atom stereocenters. The summed E-state index contributed by atoms with van der Waals surface area (Å²) in [4.78, 5) is 15.5. The molecule has 3 rings (SSSR count). The van der Waals surface area contributed by atoms with E-state index in [1.54, 1.807) is 0 Å². The number of amides is 1. The maximum atomic E-state index is 12.7. The molecule has 98 valence electrons. The van der Waals surface area contributed by atoms with Crippen LogP contribution in [0, 0.1) is 13.8 Å². The molecule has 2 heterocycles. The van der Waals surface area contributed by atoms with Crippen molar-refractivity contribution in [2.45, 2.75) is 26.7 Å². The van der Waals surface area contributed by atoms with Gasteiger partial charge in [-0.25, -0.2) is 0 Å². The highest BCUT2D eigenvalue weighted by Gasteiger charge is 2.25. The van der Waals surface area contributed by atoms with Crippen LogP contribution < -0.4 is 4.90 Å². The molecule has 0 saturated carbocycles. The first-order valence-corrected chi connectivity index (χ1v) is 7.50. The Labute approximate surface area is 117 Å². The fourth-order valence-corrected chi connectivity index (χ4v) is 3.52. The van der Waals surface area contributed by atoms with Crippen LogP contribution in [-0.2, 0) is 6.42 Å². The Balaban J connectivity index is 2.00. The number of fused-ring (bicyclic) bond motifs is 1. The van der Waals surface area contributed by atoms with Gasteiger partial charge in [0, 0.05) is 12.2 Å². The first-order chi connectivity index (χ1) is 9.16. The molecule has 2 aromatic rings. The molecule has 19 heavy (non-hydrogen) atoms. The summed E-state index contributed by atoms with van der Waals surface area (Å²) < 4.78 is 0. The van der Waals surface area contributed by atoms with Gasteiger partial charge >= 0.3 is 0 Å². The van der Waals surface area contributed by atoms with Gasteiger partial charge in [-0.05, 0) is 55.3 Å². The van der Waals surface area contributed by atoms with E-state index in [1.807, 2.05) is 23.3 Å². The lowest BCUT2D eigenvalue weighted by Crippen LogP contribution is -2.35. The number of carbonyl (C=O) groups is 1. The summed E-state index contributed by atoms with van der Waals surface area (Å²) in [7, 11) is 0. The largest absolute Gasteiger partial charge is 0.307 e. The second-order valence-electron chi connectivity index (χ2n) is 5.13. The average Bonchev–Trinajstić information content (AvgIpc) is 2.83. The predicted octanol–water partition coefficient (Wildman–Crippen LogP) is 3.96. The Morgan fingerprint density at radius 2 is 2.11 bits per heavy atom. The van der Waals surface area contributed by atoms with Crippen LogP contribution in [-0.4, -0.2) is 12.5 Å². The first kappa shape index (κ1) is 12.4. The molecule has 0 fully saturated rings. The normalized spacial score (nSPS) is 14.3. The summed E-state index contributed by atoms with van der Waals surface area (Å²) in [6.45, 7) is 4.93. The topological polar surface area (TPSA) is 20.3 Å². The highest BCUT2D eigenvalue weighted by molar-refractivity contribution is 7.12. The Hall–Kier alpha value is -1.61. The minimum absolute atomic E-state index is 0.150. The predicted molar refractivity (Wildman–Crippen MR) is 80.2 cm³/mol. The fourth-order valence-electron chi connectivity index (χ4n) is 2.65. The minimum Gasteiger partial charge on any atom is -0.307 e. The van der Waals surface area contributed by atoms with Gasteiger partial charge in [0.1, 0.15) is 0 Å². The van der Waals surface area contributed by atoms with E-state index in [0.29, 0.717) is 0 Å². The van der Waals surface area contributed by atoms with Gasteiger partial charge in [-0.1, -0.05) is 17.7 Å². The minimum atomic E-state index is 0.150. The quantitative estimate of drug-likeness (QED) is 0.769. The Kier molecular flexibility index (Phi) is 3.15. The van der Waals surface area contributed by atoms with Crippen LogP contribution in [0.15, 0.2) is 29.6 Å². The maximum Gasteiger partial charge on any atom is 0.268 e. The number of rotatable bonds is 1. The van der Waals surface area contributed by atoms with Gasteiger partial charge < -0.3 is 4.90 Å². The van der Waals surface area contributed by atoms with Gasteiger partial charge in [0.2, 0.25) is 0 Å². The van der Waals surface area contributed by atoms with Crippen LogP contribution in [0.5, 0.6) is 0 Å². The molecule has 0 radical (unpaired) electrons. The van der Waals surface area contributed by atoms with Crippen LogP contribution in [0.3, 0.4) is 0 Å². The maximum absolute atomic E-state index is 12.7. The molecular weight excluding hydrogens is 254 g/mol. The van der Waals surface area contributed by atoms with Crippen LogP contribution in [0.1, 0.15) is 32.8 Å². The summed E-state index contributed by atoms with van der Waals surface area (Å²) in [5, 5.41) is 1.99. The molecule has 1 aromatic heterocycles. The van der Waals surface area contributed by atoms with Gasteiger partial charge in [0.15, 0.2) is 0 Å². The Morgan fingerprint density at radius 3 is 2.84 bits per heavy atom. The molecule has 1 aliphatic heterocycles. The van der Waals surface area contributed by atoms with E-state index in [9.17, 15) is 4.79 Å². The van der Waals surface area contributed by atoms with E-state index in [1.165, 1.54) is 22.5 Å². The van der Waals surface area contributed by atoms with Gasteiger partial charge in [0.25, 0.3) is 5.91 Å². The number of thiophene rings is 1. The van der Waals surface area contributed by atoms with Gasteiger partial charge in [-0.3, -0.25) is 4.79 Å². The molecule has 0 bridgehead atoms. The number of hydrogen-bond acceptors (Lipinski definition) is 2. The Bertz CT molecular complexity index is 629. The molecule has 1 aromatic carbocycles. The van der Waals surface area contributed by atoms with Crippen LogP contribution in [0.25, 0.3) is 0 Å². The van der Waals surface area contributed by atoms with Crippen molar-refractivity contribution in [1.82, 2.24) is 0 Å². The number of carbonyl (C=O) groups excluding carboxylic acids is 1. The van der Waals surface area contributed by atoms with Crippen molar-refractivity contribution < 1.29 is 4.79 Å². The SMILES string of the molecule is Cc1ccc2c(c1)CCCN2C(=O)c1sccc1C. The number of benzene rings is 1. The van der Waals surface area contributed by atoms with Gasteiger partial charge in [-0.2, -0.15) is 0 Å². The third-order valence-corrected chi connectivity index (χ3v) is 4.66. The molecule has 0 atom stereocenters. The fraction of sp³-hybridized carbons (Fsp3) is 0.312. The molecule has 0 aliphatic carbocycles. The van der Waals surface area contributed by atoms with Gasteiger partial charge in [0.05, 0.1) is 4.88 Å². The molecule has 0 saturated heterocycles. The molecule has 1 aliphatic rings. The number of aryl methyl sites for hydroxylation is 3. The van der Waals surface area contributed by atoms with Crippen molar-refractivity contribution in [3.05, 3.63) is 51.2 Å². The molecule has 1 amide bonds. The molecular formula is C16H17NOS. The number of nitrogens with zero attached hydrogens (tertiary/aromatic N) is 1. The zero-order valence-corrected chi connectivity index (χ0v) is 12.1. The van der Waals surface area contributed by atoms with Crippen molar-refractivity contribution in [1.29, 1.82) is 0 Å². The molecule has 2 nitrogen and oxygen atoms in total. The van der Waals surface area contributed by atoms with Crippen molar-refractivity contribution in [2.24, 2.45) is 0 Å².